The van der Waals surface area contributed by atoms with Gasteiger partial charge in [0.25, 0.3) is 0 Å². The summed E-state index contributed by atoms with van der Waals surface area (Å²) in [5.74, 6) is 0.469. The van der Waals surface area contributed by atoms with Gasteiger partial charge in [0.2, 0.25) is 0 Å². The van der Waals surface area contributed by atoms with Gasteiger partial charge in [-0.3, -0.25) is 0 Å². The highest BCUT2D eigenvalue weighted by Crippen LogP contribution is 2.21. The van der Waals surface area contributed by atoms with Crippen molar-refractivity contribution in [3.05, 3.63) is 48.2 Å². The number of ether oxygens (including phenoxy) is 1. The number of likely N-dealkylation sites (tertiary alicyclic amines) is 1. The zero-order chi connectivity index (χ0) is 13.5. The van der Waals surface area contributed by atoms with Crippen LogP contribution in [0.1, 0.15) is 18.4 Å². The van der Waals surface area contributed by atoms with Crippen LogP contribution in [0.15, 0.2) is 42.6 Å². The monoisotopic (exact) mass is 259 g/mol. The first-order chi connectivity index (χ1) is 9.28. The van der Waals surface area contributed by atoms with Crippen molar-refractivity contribution < 1.29 is 9.53 Å². The van der Waals surface area contributed by atoms with Gasteiger partial charge in [-0.25, -0.2) is 4.79 Å². The first-order valence-electron chi connectivity index (χ1n) is 6.82. The largest absolute Gasteiger partial charge is 0.466 e. The number of hydrogen-bond acceptors (Lipinski definition) is 3. The molecule has 3 heteroatoms. The Balaban J connectivity index is 1.76. The van der Waals surface area contributed by atoms with Gasteiger partial charge in [-0.1, -0.05) is 30.3 Å². The third kappa shape index (κ3) is 4.43. The van der Waals surface area contributed by atoms with E-state index in [9.17, 15) is 4.79 Å². The molecule has 0 saturated carbocycles. The van der Waals surface area contributed by atoms with E-state index in [0.717, 1.165) is 25.4 Å². The quantitative estimate of drug-likeness (QED) is 0.615. The Morgan fingerprint density at radius 2 is 2.00 bits per heavy atom. The van der Waals surface area contributed by atoms with Gasteiger partial charge in [0, 0.05) is 25.4 Å². The molecule has 1 saturated heterocycles. The van der Waals surface area contributed by atoms with Gasteiger partial charge in [-0.05, 0) is 30.7 Å². The molecule has 1 heterocycles. The Labute approximate surface area is 114 Å². The molecule has 0 spiro atoms. The highest BCUT2D eigenvalue weighted by Gasteiger charge is 2.17. The van der Waals surface area contributed by atoms with Gasteiger partial charge in [-0.15, -0.1) is 0 Å². The van der Waals surface area contributed by atoms with Crippen molar-refractivity contribution in [1.29, 1.82) is 0 Å². The lowest BCUT2D eigenvalue weighted by molar-refractivity contribution is -0.134. The van der Waals surface area contributed by atoms with E-state index in [1.165, 1.54) is 31.6 Å². The normalized spacial score (nSPS) is 16.8. The van der Waals surface area contributed by atoms with Crippen LogP contribution < -0.4 is 0 Å². The van der Waals surface area contributed by atoms with E-state index >= 15 is 0 Å². The predicted octanol–water partition coefficient (Wildman–Crippen LogP) is 2.63. The number of carbonyl (C=O) groups is 1. The van der Waals surface area contributed by atoms with Gasteiger partial charge in [0.05, 0.1) is 7.11 Å². The smallest absolute Gasteiger partial charge is 0.331 e. The molecule has 0 aliphatic carbocycles. The van der Waals surface area contributed by atoms with Crippen molar-refractivity contribution in [2.45, 2.75) is 19.3 Å². The Morgan fingerprint density at radius 1 is 1.32 bits per heavy atom. The van der Waals surface area contributed by atoms with E-state index in [2.05, 4.69) is 40.0 Å². The maximum atomic E-state index is 11.0. The molecule has 0 aromatic heterocycles. The lowest BCUT2D eigenvalue weighted by Gasteiger charge is -2.31. The molecule has 0 bridgehead atoms. The molecular formula is C16H21NO2. The predicted molar refractivity (Wildman–Crippen MR) is 75.6 cm³/mol. The SMILES string of the molecule is COC(=O)C=CN1CCC(Cc2ccccc2)CC1. The van der Waals surface area contributed by atoms with Gasteiger partial charge in [-0.2, -0.15) is 0 Å². The van der Waals surface area contributed by atoms with Crippen LogP contribution >= 0.6 is 0 Å². The van der Waals surface area contributed by atoms with Crippen LogP contribution in [0.5, 0.6) is 0 Å². The van der Waals surface area contributed by atoms with Crippen LogP contribution in [-0.2, 0) is 16.0 Å². The topological polar surface area (TPSA) is 29.5 Å². The van der Waals surface area contributed by atoms with Crippen LogP contribution in [0.25, 0.3) is 0 Å². The van der Waals surface area contributed by atoms with E-state index in [-0.39, 0.29) is 5.97 Å². The van der Waals surface area contributed by atoms with Gasteiger partial charge < -0.3 is 9.64 Å². The molecule has 1 aliphatic heterocycles. The van der Waals surface area contributed by atoms with Crippen LogP contribution in [0.2, 0.25) is 0 Å². The molecule has 0 radical (unpaired) electrons. The minimum Gasteiger partial charge on any atom is -0.466 e. The molecular weight excluding hydrogens is 238 g/mol. The highest BCUT2D eigenvalue weighted by molar-refractivity contribution is 5.81. The van der Waals surface area contributed by atoms with Crippen LogP contribution in [-0.4, -0.2) is 31.1 Å². The lowest BCUT2D eigenvalue weighted by Crippen LogP contribution is -2.30. The summed E-state index contributed by atoms with van der Waals surface area (Å²) in [6, 6.07) is 10.7. The van der Waals surface area contributed by atoms with Crippen LogP contribution in [0.3, 0.4) is 0 Å². The molecule has 19 heavy (non-hydrogen) atoms. The minimum atomic E-state index is -0.286. The van der Waals surface area contributed by atoms with Gasteiger partial charge >= 0.3 is 5.97 Å². The molecule has 0 unspecified atom stereocenters. The third-order valence-corrected chi connectivity index (χ3v) is 3.64. The molecule has 0 atom stereocenters. The summed E-state index contributed by atoms with van der Waals surface area (Å²) in [7, 11) is 1.40. The fourth-order valence-electron chi connectivity index (χ4n) is 2.49. The maximum Gasteiger partial charge on any atom is 0.331 e. The Bertz CT molecular complexity index is 420. The van der Waals surface area contributed by atoms with Crippen molar-refractivity contribution in [2.24, 2.45) is 5.92 Å². The van der Waals surface area contributed by atoms with E-state index < -0.39 is 0 Å². The molecule has 0 N–H and O–H groups in total. The fourth-order valence-corrected chi connectivity index (χ4v) is 2.49. The average molecular weight is 259 g/mol. The highest BCUT2D eigenvalue weighted by atomic mass is 16.5. The molecule has 102 valence electrons. The van der Waals surface area contributed by atoms with E-state index in [0.29, 0.717) is 0 Å². The standard InChI is InChI=1S/C16H21NO2/c1-19-16(18)9-12-17-10-7-15(8-11-17)13-14-5-3-2-4-6-14/h2-6,9,12,15H,7-8,10-11,13H2,1H3. The fraction of sp³-hybridized carbons (Fsp3) is 0.438. The number of hydrogen-bond donors (Lipinski definition) is 0. The summed E-state index contributed by atoms with van der Waals surface area (Å²) in [5, 5.41) is 0. The zero-order valence-corrected chi connectivity index (χ0v) is 11.4. The van der Waals surface area contributed by atoms with Crippen molar-refractivity contribution in [2.75, 3.05) is 20.2 Å². The lowest BCUT2D eigenvalue weighted by atomic mass is 9.90. The summed E-state index contributed by atoms with van der Waals surface area (Å²) in [6.07, 6.45) is 6.87. The number of rotatable bonds is 4. The van der Waals surface area contributed by atoms with Crippen molar-refractivity contribution in [1.82, 2.24) is 4.90 Å². The second-order valence-corrected chi connectivity index (χ2v) is 5.01. The summed E-state index contributed by atoms with van der Waals surface area (Å²) >= 11 is 0. The van der Waals surface area contributed by atoms with Crippen LogP contribution in [0.4, 0.5) is 0 Å². The Hall–Kier alpha value is -1.77. The Morgan fingerprint density at radius 3 is 2.63 bits per heavy atom. The number of methoxy groups -OCH3 is 1. The third-order valence-electron chi connectivity index (χ3n) is 3.64. The molecule has 1 aromatic rings. The molecule has 0 amide bonds. The molecule has 1 aromatic carbocycles. The second-order valence-electron chi connectivity index (χ2n) is 5.01. The van der Waals surface area contributed by atoms with Gasteiger partial charge in [0.15, 0.2) is 0 Å². The van der Waals surface area contributed by atoms with Crippen LogP contribution in [0, 0.1) is 5.92 Å². The Kier molecular flexibility index (Phi) is 5.01. The summed E-state index contributed by atoms with van der Waals surface area (Å²) < 4.78 is 4.59. The second kappa shape index (κ2) is 6.98. The number of esters is 1. The minimum absolute atomic E-state index is 0.286. The van der Waals surface area contributed by atoms with Crippen molar-refractivity contribution in [3.63, 3.8) is 0 Å². The van der Waals surface area contributed by atoms with Crippen molar-refractivity contribution >= 4 is 5.97 Å². The molecule has 1 aliphatic rings. The van der Waals surface area contributed by atoms with Crippen molar-refractivity contribution in [3.8, 4) is 0 Å². The molecule has 1 fully saturated rings. The summed E-state index contributed by atoms with van der Waals surface area (Å²) in [5.41, 5.74) is 1.42. The maximum absolute atomic E-state index is 11.0. The molecule has 3 nitrogen and oxygen atoms in total. The van der Waals surface area contributed by atoms with Gasteiger partial charge in [0.1, 0.15) is 0 Å². The number of benzene rings is 1. The summed E-state index contributed by atoms with van der Waals surface area (Å²) in [6.45, 7) is 2.04. The van der Waals surface area contributed by atoms with E-state index in [1.54, 1.807) is 0 Å². The summed E-state index contributed by atoms with van der Waals surface area (Å²) in [4.78, 5) is 13.2. The first-order valence-corrected chi connectivity index (χ1v) is 6.82. The number of carbonyl (C=O) groups excluding carboxylic acids is 1. The molecule has 2 rings (SSSR count). The average Bonchev–Trinajstić information content (AvgIpc) is 2.47. The number of piperidine rings is 1. The number of nitrogens with zero attached hydrogens (tertiary/aromatic N) is 1. The zero-order valence-electron chi connectivity index (χ0n) is 11.4. The van der Waals surface area contributed by atoms with E-state index in [1.807, 2.05) is 6.20 Å². The first kappa shape index (κ1) is 13.7. The van der Waals surface area contributed by atoms with E-state index in [4.69, 9.17) is 0 Å².